The number of rotatable bonds is 24. The molecule has 0 aliphatic carbocycles. The van der Waals surface area contributed by atoms with Gasteiger partial charge in [-0.1, -0.05) is 267 Å². The normalized spacial score (nSPS) is 12.2. The molecular formula is C64H62Cl2N2O2P2Pd. The Morgan fingerprint density at radius 3 is 0.836 bits per heavy atom. The fourth-order valence-electron chi connectivity index (χ4n) is 9.09. The van der Waals surface area contributed by atoms with Gasteiger partial charge in [-0.3, -0.25) is 9.80 Å². The van der Waals surface area contributed by atoms with E-state index in [2.05, 4.69) is 277 Å². The van der Waals surface area contributed by atoms with Gasteiger partial charge >= 0.3 is 35.0 Å². The maximum absolute atomic E-state index is 7.22. The molecule has 0 saturated heterocycles. The van der Waals surface area contributed by atoms with Gasteiger partial charge < -0.3 is 9.05 Å². The Morgan fingerprint density at radius 2 is 0.548 bits per heavy atom. The first-order chi connectivity index (χ1) is 36.1. The van der Waals surface area contributed by atoms with E-state index in [0.29, 0.717) is 13.2 Å². The second-order valence-corrected chi connectivity index (χ2v) is 24.0. The van der Waals surface area contributed by atoms with E-state index in [1.807, 2.05) is 0 Å². The quantitative estimate of drug-likeness (QED) is 0.0445. The summed E-state index contributed by atoms with van der Waals surface area (Å²) in [6.07, 6.45) is 1.72. The number of hydrogen-bond acceptors (Lipinski definition) is 4. The Morgan fingerprint density at radius 1 is 0.315 bits per heavy atom. The largest absolute Gasteiger partial charge is 0.348 e. The van der Waals surface area contributed by atoms with E-state index in [1.54, 1.807) is 0 Å². The molecule has 4 nitrogen and oxygen atoms in total. The van der Waals surface area contributed by atoms with Crippen molar-refractivity contribution in [2.45, 2.75) is 51.1 Å². The minimum Gasteiger partial charge on any atom is -0.348 e. The molecule has 0 amide bonds. The molecule has 9 heteroatoms. The van der Waals surface area contributed by atoms with Crippen LogP contribution < -0.4 is 21.2 Å². The van der Waals surface area contributed by atoms with Crippen LogP contribution in [0.4, 0.5) is 0 Å². The molecule has 0 saturated carbocycles. The Balaban J connectivity index is 0.00000231. The third-order valence-electron chi connectivity index (χ3n) is 12.6. The van der Waals surface area contributed by atoms with Crippen molar-refractivity contribution in [2.24, 2.45) is 0 Å². The van der Waals surface area contributed by atoms with Gasteiger partial charge in [0.2, 0.25) is 0 Å². The van der Waals surface area contributed by atoms with Crippen LogP contribution in [0.2, 0.25) is 0 Å². The fraction of sp³-hybridized carbons (Fsp3) is 0.156. The molecule has 2 atom stereocenters. The van der Waals surface area contributed by atoms with Crippen molar-refractivity contribution in [3.8, 4) is 0 Å². The standard InChI is InChI=1S/C64H62N2O2P2.2ClH.Pd/c1-9-26-53(27-10-1)45-59(51-67-69(61-36-17-5-18-37-61)62-38-19-6-20-39-62)65(47-55-30-13-3-14-31-55)49-57-34-25-35-58(44-57)50-66(48-56-32-15-4-16-33-56)60(46-54-28-11-2-12-29-54)52-68-70(63-40-21-7-22-41-63)64-42-23-8-24-43-64;;;/h1-44,59-60H,45-52H2;2*1H;/q;;;+2/p-2/t59-,60-;;;/m1.../s1. The molecule has 0 spiro atoms. The molecular weight excluding hydrogens is 1070 g/mol. The third-order valence-corrected chi connectivity index (χ3v) is 16.5. The summed E-state index contributed by atoms with van der Waals surface area (Å²) in [5, 5.41) is 4.88. The molecule has 0 bridgehead atoms. The Kier molecular flexibility index (Phi) is 22.5. The summed E-state index contributed by atoms with van der Waals surface area (Å²) in [6.45, 7) is 4.29. The van der Waals surface area contributed by atoms with Crippen molar-refractivity contribution in [1.29, 1.82) is 0 Å². The van der Waals surface area contributed by atoms with Crippen molar-refractivity contribution in [1.82, 2.24) is 9.80 Å². The first-order valence-corrected chi connectivity index (χ1v) is 31.2. The van der Waals surface area contributed by atoms with E-state index in [1.165, 1.54) is 54.6 Å². The van der Waals surface area contributed by atoms with Crippen molar-refractivity contribution in [2.75, 3.05) is 13.2 Å². The average Bonchev–Trinajstić information content (AvgIpc) is 3.45. The monoisotopic (exact) mass is 1130 g/mol. The second kappa shape index (κ2) is 30.3. The SMILES string of the molecule is [Cl][Pd][Cl].c1ccc(C[C@H](COP(c2ccccc2)c2ccccc2)N(Cc2ccccc2)Cc2cccc(CN(Cc3ccccc3)[C@@H](COP(c3ccccc3)c3ccccc3)Cc3ccccc3)c2)cc1. The first-order valence-electron chi connectivity index (χ1n) is 24.7. The van der Waals surface area contributed by atoms with Gasteiger partial charge in [-0.25, -0.2) is 0 Å². The van der Waals surface area contributed by atoms with E-state index in [9.17, 15) is 0 Å². The molecule has 0 aliphatic heterocycles. The summed E-state index contributed by atoms with van der Waals surface area (Å²) in [7, 11) is 7.55. The summed E-state index contributed by atoms with van der Waals surface area (Å²) in [5.74, 6) is 0. The van der Waals surface area contributed by atoms with Crippen LogP contribution in [0.15, 0.2) is 267 Å². The van der Waals surface area contributed by atoms with Crippen LogP contribution in [0.25, 0.3) is 0 Å². The molecule has 73 heavy (non-hydrogen) atoms. The summed E-state index contributed by atoms with van der Waals surface area (Å²) in [5.41, 5.74) is 7.75. The van der Waals surface area contributed by atoms with Crippen molar-refractivity contribution >= 4 is 56.6 Å². The molecule has 9 rings (SSSR count). The zero-order valence-corrected chi connectivity index (χ0v) is 45.7. The van der Waals surface area contributed by atoms with Crippen molar-refractivity contribution < 1.29 is 25.0 Å². The molecule has 0 aliphatic rings. The summed E-state index contributed by atoms with van der Waals surface area (Å²) >= 11 is -0.106. The molecule has 9 aromatic rings. The fourth-order valence-corrected chi connectivity index (χ4v) is 12.7. The predicted molar refractivity (Wildman–Crippen MR) is 307 cm³/mol. The average molecular weight is 1130 g/mol. The number of benzene rings is 9. The second-order valence-electron chi connectivity index (χ2n) is 17.9. The molecule has 374 valence electrons. The first kappa shape index (κ1) is 54.2. The topological polar surface area (TPSA) is 24.9 Å². The van der Waals surface area contributed by atoms with Crippen LogP contribution in [0, 0.1) is 0 Å². The third kappa shape index (κ3) is 17.5. The zero-order chi connectivity index (χ0) is 50.1. The van der Waals surface area contributed by atoms with Crippen molar-refractivity contribution in [3.05, 3.63) is 300 Å². The van der Waals surface area contributed by atoms with Crippen LogP contribution in [0.5, 0.6) is 0 Å². The predicted octanol–water partition coefficient (Wildman–Crippen LogP) is 14.4. The van der Waals surface area contributed by atoms with Gasteiger partial charge in [0.1, 0.15) is 0 Å². The maximum atomic E-state index is 7.22. The smallest absolute Gasteiger partial charge is 0.0918 e. The van der Waals surface area contributed by atoms with E-state index < -0.39 is 16.3 Å². The van der Waals surface area contributed by atoms with Crippen LogP contribution in [-0.4, -0.2) is 35.1 Å². The Bertz CT molecular complexity index is 2610. The van der Waals surface area contributed by atoms with Crippen LogP contribution in [-0.2, 0) is 64.0 Å². The molecule has 0 unspecified atom stereocenters. The van der Waals surface area contributed by atoms with Gasteiger partial charge in [-0.2, -0.15) is 0 Å². The maximum Gasteiger partial charge on any atom is 0.0918 e. The zero-order valence-electron chi connectivity index (χ0n) is 40.9. The molecule has 0 radical (unpaired) electrons. The molecule has 9 aromatic carbocycles. The Hall–Kier alpha value is -5.08. The van der Waals surface area contributed by atoms with E-state index in [-0.39, 0.29) is 28.0 Å². The van der Waals surface area contributed by atoms with Crippen LogP contribution in [0.1, 0.15) is 33.4 Å². The van der Waals surface area contributed by atoms with Crippen LogP contribution >= 0.6 is 35.4 Å². The van der Waals surface area contributed by atoms with Gasteiger partial charge in [0.05, 0.1) is 29.5 Å². The van der Waals surface area contributed by atoms with E-state index >= 15 is 0 Å². The molecule has 0 heterocycles. The van der Waals surface area contributed by atoms with Gasteiger partial charge in [-0.05, 0) is 46.2 Å². The van der Waals surface area contributed by atoms with E-state index in [0.717, 1.165) is 39.0 Å². The van der Waals surface area contributed by atoms with Gasteiger partial charge in [0.25, 0.3) is 0 Å². The molecule has 0 aromatic heterocycles. The minimum absolute atomic E-state index is 0.0924. The van der Waals surface area contributed by atoms with Gasteiger partial charge in [-0.15, -0.1) is 0 Å². The summed E-state index contributed by atoms with van der Waals surface area (Å²) in [6, 6.07) is 96.2. The van der Waals surface area contributed by atoms with Gasteiger partial charge in [0.15, 0.2) is 0 Å². The number of hydrogen-bond donors (Lipinski definition) is 0. The molecule has 0 N–H and O–H groups in total. The van der Waals surface area contributed by atoms with Crippen molar-refractivity contribution in [3.63, 3.8) is 0 Å². The molecule has 0 fully saturated rings. The minimum atomic E-state index is -1.04. The number of nitrogens with zero attached hydrogens (tertiary/aromatic N) is 2. The Labute approximate surface area is 452 Å². The van der Waals surface area contributed by atoms with Gasteiger partial charge in [0, 0.05) is 59.5 Å². The van der Waals surface area contributed by atoms with E-state index in [4.69, 9.17) is 28.1 Å². The number of halogens is 2. The van der Waals surface area contributed by atoms with Crippen LogP contribution in [0.3, 0.4) is 0 Å². The summed E-state index contributed by atoms with van der Waals surface area (Å²) < 4.78 is 14.4. The summed E-state index contributed by atoms with van der Waals surface area (Å²) in [4.78, 5) is 5.29.